The molecule has 0 aliphatic carbocycles. The first kappa shape index (κ1) is 22.0. The van der Waals surface area contributed by atoms with Crippen molar-refractivity contribution in [3.63, 3.8) is 0 Å². The first-order chi connectivity index (χ1) is 12.2. The average Bonchev–Trinajstić information content (AvgIpc) is 2.64. The van der Waals surface area contributed by atoms with Crippen LogP contribution in [0.1, 0.15) is 12.0 Å². The number of ether oxygens (including phenoxy) is 2. The smallest absolute Gasteiger partial charge is 0.195 e. The lowest BCUT2D eigenvalue weighted by Crippen LogP contribution is -2.31. The summed E-state index contributed by atoms with van der Waals surface area (Å²) in [7, 11) is 4.91. The van der Waals surface area contributed by atoms with Crippen LogP contribution >= 0.6 is 24.0 Å². The molecule has 0 amide bonds. The van der Waals surface area contributed by atoms with Crippen molar-refractivity contribution in [2.75, 3.05) is 33.1 Å². The topological polar surface area (TPSA) is 54.9 Å². The Morgan fingerprint density at radius 2 is 1.85 bits per heavy atom. The van der Waals surface area contributed by atoms with Crippen LogP contribution in [-0.4, -0.2) is 33.8 Å². The first-order valence-electron chi connectivity index (χ1n) is 8.10. The monoisotopic (exact) mass is 473 g/mol. The molecule has 142 valence electrons. The van der Waals surface area contributed by atoms with Gasteiger partial charge < -0.3 is 20.1 Å². The number of benzene rings is 2. The van der Waals surface area contributed by atoms with Crippen LogP contribution in [-0.2, 0) is 6.42 Å². The molecular weight excluding hydrogens is 448 g/mol. The molecule has 2 aromatic carbocycles. The van der Waals surface area contributed by atoms with E-state index in [-0.39, 0.29) is 29.8 Å². The third-order valence-electron chi connectivity index (χ3n) is 3.69. The predicted octanol–water partition coefficient (Wildman–Crippen LogP) is 4.08. The van der Waals surface area contributed by atoms with Gasteiger partial charge in [-0.1, -0.05) is 12.1 Å². The van der Waals surface area contributed by atoms with Crippen molar-refractivity contribution in [3.8, 4) is 11.5 Å². The SMILES string of the molecule is CN=C(NCCCc1cccc(F)c1)Nc1ccc(OC)c(OC)c1.I. The summed E-state index contributed by atoms with van der Waals surface area (Å²) in [6.07, 6.45) is 1.67. The number of nitrogens with one attached hydrogen (secondary N) is 2. The molecule has 7 heteroatoms. The molecule has 0 radical (unpaired) electrons. The highest BCUT2D eigenvalue weighted by Gasteiger charge is 2.06. The molecule has 2 N–H and O–H groups in total. The molecular formula is C19H25FIN3O2. The maximum Gasteiger partial charge on any atom is 0.195 e. The molecule has 0 spiro atoms. The maximum absolute atomic E-state index is 13.2. The van der Waals surface area contributed by atoms with Crippen molar-refractivity contribution >= 4 is 35.6 Å². The Kier molecular flexibility index (Phi) is 9.79. The predicted molar refractivity (Wildman–Crippen MR) is 115 cm³/mol. The van der Waals surface area contributed by atoms with Gasteiger partial charge in [-0.2, -0.15) is 0 Å². The van der Waals surface area contributed by atoms with E-state index < -0.39 is 0 Å². The van der Waals surface area contributed by atoms with Crippen LogP contribution in [0.4, 0.5) is 10.1 Å². The Balaban J connectivity index is 0.00000338. The molecule has 0 aliphatic rings. The summed E-state index contributed by atoms with van der Waals surface area (Å²) in [6.45, 7) is 0.726. The van der Waals surface area contributed by atoms with E-state index in [1.807, 2.05) is 24.3 Å². The van der Waals surface area contributed by atoms with Crippen molar-refractivity contribution in [2.45, 2.75) is 12.8 Å². The van der Waals surface area contributed by atoms with Crippen LogP contribution in [0, 0.1) is 5.82 Å². The van der Waals surface area contributed by atoms with Crippen LogP contribution in [0.3, 0.4) is 0 Å². The highest BCUT2D eigenvalue weighted by atomic mass is 127. The second kappa shape index (κ2) is 11.6. The average molecular weight is 473 g/mol. The minimum absolute atomic E-state index is 0. The van der Waals surface area contributed by atoms with E-state index in [9.17, 15) is 4.39 Å². The van der Waals surface area contributed by atoms with Gasteiger partial charge in [-0.05, 0) is 42.7 Å². The number of nitrogens with zero attached hydrogens (tertiary/aromatic N) is 1. The number of anilines is 1. The molecule has 0 saturated heterocycles. The number of methoxy groups -OCH3 is 2. The Morgan fingerprint density at radius 1 is 1.08 bits per heavy atom. The van der Waals surface area contributed by atoms with E-state index in [0.29, 0.717) is 17.5 Å². The zero-order valence-corrected chi connectivity index (χ0v) is 17.5. The van der Waals surface area contributed by atoms with Gasteiger partial charge in [0.1, 0.15) is 5.82 Å². The summed E-state index contributed by atoms with van der Waals surface area (Å²) in [5.74, 6) is 1.78. The number of halogens is 2. The van der Waals surface area contributed by atoms with Crippen LogP contribution in [0.15, 0.2) is 47.5 Å². The van der Waals surface area contributed by atoms with E-state index in [1.54, 1.807) is 33.4 Å². The molecule has 0 aliphatic heterocycles. The second-order valence-electron chi connectivity index (χ2n) is 5.43. The summed E-state index contributed by atoms with van der Waals surface area (Å²) in [5.41, 5.74) is 1.83. The lowest BCUT2D eigenvalue weighted by atomic mass is 10.1. The van der Waals surface area contributed by atoms with Crippen LogP contribution in [0.5, 0.6) is 11.5 Å². The van der Waals surface area contributed by atoms with Crippen LogP contribution in [0.25, 0.3) is 0 Å². The molecule has 0 bridgehead atoms. The molecule has 5 nitrogen and oxygen atoms in total. The summed E-state index contributed by atoms with van der Waals surface area (Å²) in [4.78, 5) is 4.20. The number of hydrogen-bond donors (Lipinski definition) is 2. The zero-order chi connectivity index (χ0) is 18.1. The summed E-state index contributed by atoms with van der Waals surface area (Å²) in [6, 6.07) is 12.3. The van der Waals surface area contributed by atoms with Gasteiger partial charge >= 0.3 is 0 Å². The van der Waals surface area contributed by atoms with Crippen molar-refractivity contribution < 1.29 is 13.9 Å². The lowest BCUT2D eigenvalue weighted by Gasteiger charge is -2.14. The standard InChI is InChI=1S/C19H24FN3O2.HI/c1-21-19(22-11-5-7-14-6-4-8-15(20)12-14)23-16-9-10-17(24-2)18(13-16)25-3;/h4,6,8-10,12-13H,5,7,11H2,1-3H3,(H2,21,22,23);1H. The van der Waals surface area contributed by atoms with E-state index in [1.165, 1.54) is 6.07 Å². The van der Waals surface area contributed by atoms with E-state index >= 15 is 0 Å². The van der Waals surface area contributed by atoms with Gasteiger partial charge in [0.15, 0.2) is 17.5 Å². The molecule has 2 rings (SSSR count). The van der Waals surface area contributed by atoms with Gasteiger partial charge in [0.2, 0.25) is 0 Å². The second-order valence-corrected chi connectivity index (χ2v) is 5.43. The molecule has 0 aromatic heterocycles. The van der Waals surface area contributed by atoms with E-state index in [2.05, 4.69) is 15.6 Å². The Hall–Kier alpha value is -2.03. The molecule has 2 aromatic rings. The number of guanidine groups is 1. The van der Waals surface area contributed by atoms with Crippen molar-refractivity contribution in [1.29, 1.82) is 0 Å². The van der Waals surface area contributed by atoms with Gasteiger partial charge in [0.05, 0.1) is 14.2 Å². The van der Waals surface area contributed by atoms with E-state index in [0.717, 1.165) is 30.6 Å². The largest absolute Gasteiger partial charge is 0.493 e. The number of aliphatic imine (C=N–C) groups is 1. The number of rotatable bonds is 7. The Labute approximate surface area is 171 Å². The normalized spacial score (nSPS) is 10.7. The molecule has 26 heavy (non-hydrogen) atoms. The minimum Gasteiger partial charge on any atom is -0.493 e. The fourth-order valence-electron chi connectivity index (χ4n) is 2.42. The van der Waals surface area contributed by atoms with Gasteiger partial charge in [-0.25, -0.2) is 4.39 Å². The highest BCUT2D eigenvalue weighted by Crippen LogP contribution is 2.29. The van der Waals surface area contributed by atoms with Gasteiger partial charge in [-0.3, -0.25) is 4.99 Å². The van der Waals surface area contributed by atoms with Crippen molar-refractivity contribution in [1.82, 2.24) is 5.32 Å². The zero-order valence-electron chi connectivity index (χ0n) is 15.2. The quantitative estimate of drug-likeness (QED) is 0.276. The number of hydrogen-bond acceptors (Lipinski definition) is 3. The molecule has 0 atom stereocenters. The summed E-state index contributed by atoms with van der Waals surface area (Å²) >= 11 is 0. The molecule has 0 unspecified atom stereocenters. The lowest BCUT2D eigenvalue weighted by molar-refractivity contribution is 0.355. The van der Waals surface area contributed by atoms with Crippen LogP contribution in [0.2, 0.25) is 0 Å². The highest BCUT2D eigenvalue weighted by molar-refractivity contribution is 14.0. The Bertz CT molecular complexity index is 726. The van der Waals surface area contributed by atoms with Crippen molar-refractivity contribution in [3.05, 3.63) is 53.8 Å². The van der Waals surface area contributed by atoms with Gasteiger partial charge in [0, 0.05) is 25.3 Å². The fraction of sp³-hybridized carbons (Fsp3) is 0.316. The maximum atomic E-state index is 13.2. The third-order valence-corrected chi connectivity index (χ3v) is 3.69. The molecule has 0 heterocycles. The third kappa shape index (κ3) is 6.70. The van der Waals surface area contributed by atoms with Crippen LogP contribution < -0.4 is 20.1 Å². The molecule has 0 saturated carbocycles. The van der Waals surface area contributed by atoms with Gasteiger partial charge in [-0.15, -0.1) is 24.0 Å². The minimum atomic E-state index is -0.198. The molecule has 0 fully saturated rings. The Morgan fingerprint density at radius 3 is 2.50 bits per heavy atom. The fourth-order valence-corrected chi connectivity index (χ4v) is 2.42. The summed E-state index contributed by atoms with van der Waals surface area (Å²) < 4.78 is 23.7. The number of aryl methyl sites for hydroxylation is 1. The van der Waals surface area contributed by atoms with Gasteiger partial charge in [0.25, 0.3) is 0 Å². The summed E-state index contributed by atoms with van der Waals surface area (Å²) in [5, 5.41) is 6.45. The van der Waals surface area contributed by atoms with E-state index in [4.69, 9.17) is 9.47 Å². The van der Waals surface area contributed by atoms with Crippen molar-refractivity contribution in [2.24, 2.45) is 4.99 Å². The first-order valence-corrected chi connectivity index (χ1v) is 8.10.